The van der Waals surface area contributed by atoms with Crippen molar-refractivity contribution in [3.8, 4) is 11.5 Å². The van der Waals surface area contributed by atoms with Gasteiger partial charge in [-0.05, 0) is 30.2 Å². The summed E-state index contributed by atoms with van der Waals surface area (Å²) in [4.78, 5) is 0. The van der Waals surface area contributed by atoms with Crippen LogP contribution in [-0.4, -0.2) is 25.6 Å². The summed E-state index contributed by atoms with van der Waals surface area (Å²) in [6.07, 6.45) is 0. The Morgan fingerprint density at radius 2 is 1.83 bits per heavy atom. The Balaban J connectivity index is 2.32. The van der Waals surface area contributed by atoms with Gasteiger partial charge in [-0.15, -0.1) is 0 Å². The highest BCUT2D eigenvalue weighted by atomic mass is 32.1. The monoisotopic (exact) mass is 267 g/mol. The molecule has 100 valence electrons. The molecule has 0 saturated heterocycles. The molecular weight excluding hydrogens is 246 g/mol. The number of nitrogens with one attached hydrogen (secondary N) is 1. The number of fused-ring (bicyclic) bond motifs is 1. The highest BCUT2D eigenvalue weighted by molar-refractivity contribution is 7.80. The van der Waals surface area contributed by atoms with Gasteiger partial charge in [0.1, 0.15) is 13.2 Å². The molecule has 1 aromatic carbocycles. The van der Waals surface area contributed by atoms with Gasteiger partial charge < -0.3 is 14.8 Å². The molecule has 2 rings (SSSR count). The minimum Gasteiger partial charge on any atom is -0.486 e. The summed E-state index contributed by atoms with van der Waals surface area (Å²) in [5, 5.41) is 3.29. The van der Waals surface area contributed by atoms with Gasteiger partial charge in [-0.25, -0.2) is 0 Å². The molecule has 0 aliphatic carbocycles. The fourth-order valence-electron chi connectivity index (χ4n) is 2.38. The number of ether oxygens (including phenoxy) is 2. The summed E-state index contributed by atoms with van der Waals surface area (Å²) >= 11 is 4.19. The van der Waals surface area contributed by atoms with Crippen molar-refractivity contribution in [2.75, 3.05) is 25.6 Å². The largest absolute Gasteiger partial charge is 0.486 e. The van der Waals surface area contributed by atoms with Crippen LogP contribution >= 0.6 is 12.6 Å². The second-order valence-corrected chi connectivity index (χ2v) is 5.60. The van der Waals surface area contributed by atoms with Gasteiger partial charge in [0.2, 0.25) is 0 Å². The van der Waals surface area contributed by atoms with Crippen LogP contribution in [0.25, 0.3) is 0 Å². The quantitative estimate of drug-likeness (QED) is 0.649. The SMILES string of the molecule is Cc1cc2c(cc1C(C)(C)CNCS)OCCO2. The van der Waals surface area contributed by atoms with E-state index in [1.165, 1.54) is 11.1 Å². The van der Waals surface area contributed by atoms with Crippen molar-refractivity contribution in [2.45, 2.75) is 26.2 Å². The number of aryl methyl sites for hydroxylation is 1. The van der Waals surface area contributed by atoms with E-state index in [1.54, 1.807) is 0 Å². The van der Waals surface area contributed by atoms with Gasteiger partial charge in [0.25, 0.3) is 0 Å². The Kier molecular flexibility index (Phi) is 4.07. The van der Waals surface area contributed by atoms with Crippen molar-refractivity contribution >= 4 is 12.6 Å². The average Bonchev–Trinajstić information content (AvgIpc) is 2.35. The Bertz CT molecular complexity index is 432. The Morgan fingerprint density at radius 1 is 1.22 bits per heavy atom. The van der Waals surface area contributed by atoms with Crippen LogP contribution in [0.4, 0.5) is 0 Å². The number of benzene rings is 1. The van der Waals surface area contributed by atoms with Crippen molar-refractivity contribution in [1.29, 1.82) is 0 Å². The third-order valence-corrected chi connectivity index (χ3v) is 3.52. The van der Waals surface area contributed by atoms with E-state index in [0.717, 1.165) is 18.0 Å². The summed E-state index contributed by atoms with van der Waals surface area (Å²) in [6.45, 7) is 8.72. The van der Waals surface area contributed by atoms with Gasteiger partial charge in [0.15, 0.2) is 11.5 Å². The molecule has 1 N–H and O–H groups in total. The van der Waals surface area contributed by atoms with Crippen molar-refractivity contribution in [3.05, 3.63) is 23.3 Å². The van der Waals surface area contributed by atoms with Gasteiger partial charge in [0.05, 0.1) is 0 Å². The summed E-state index contributed by atoms with van der Waals surface area (Å²) in [5.74, 6) is 2.41. The van der Waals surface area contributed by atoms with Crippen LogP contribution in [0.5, 0.6) is 11.5 Å². The van der Waals surface area contributed by atoms with Crippen molar-refractivity contribution in [2.24, 2.45) is 0 Å². The van der Waals surface area contributed by atoms with Crippen molar-refractivity contribution in [1.82, 2.24) is 5.32 Å². The van der Waals surface area contributed by atoms with Crippen LogP contribution in [0.15, 0.2) is 12.1 Å². The fraction of sp³-hybridized carbons (Fsp3) is 0.571. The molecule has 0 amide bonds. The number of hydrogen-bond donors (Lipinski definition) is 2. The molecule has 1 aliphatic heterocycles. The van der Waals surface area contributed by atoms with Crippen LogP contribution in [-0.2, 0) is 5.41 Å². The third kappa shape index (κ3) is 2.75. The lowest BCUT2D eigenvalue weighted by Crippen LogP contribution is -2.33. The van der Waals surface area contributed by atoms with Crippen molar-refractivity contribution < 1.29 is 9.47 Å². The summed E-state index contributed by atoms with van der Waals surface area (Å²) < 4.78 is 11.3. The Labute approximate surface area is 114 Å². The molecule has 0 bridgehead atoms. The average molecular weight is 267 g/mol. The van der Waals surface area contributed by atoms with Crippen LogP contribution in [0, 0.1) is 6.92 Å². The first-order valence-corrected chi connectivity index (χ1v) is 6.90. The zero-order chi connectivity index (χ0) is 13.2. The predicted molar refractivity (Wildman–Crippen MR) is 77.1 cm³/mol. The maximum absolute atomic E-state index is 5.66. The Morgan fingerprint density at radius 3 is 2.44 bits per heavy atom. The van der Waals surface area contributed by atoms with E-state index >= 15 is 0 Å². The minimum absolute atomic E-state index is 0.0443. The molecule has 0 unspecified atom stereocenters. The smallest absolute Gasteiger partial charge is 0.161 e. The molecule has 1 aromatic rings. The molecule has 3 nitrogen and oxygen atoms in total. The zero-order valence-electron chi connectivity index (χ0n) is 11.2. The summed E-state index contributed by atoms with van der Waals surface area (Å²) in [7, 11) is 0. The second kappa shape index (κ2) is 5.41. The zero-order valence-corrected chi connectivity index (χ0v) is 12.1. The Hall–Kier alpha value is -0.870. The molecule has 1 heterocycles. The van der Waals surface area contributed by atoms with Gasteiger partial charge in [-0.1, -0.05) is 13.8 Å². The molecule has 0 radical (unpaired) electrons. The second-order valence-electron chi connectivity index (χ2n) is 5.28. The van der Waals surface area contributed by atoms with E-state index in [0.29, 0.717) is 19.1 Å². The topological polar surface area (TPSA) is 30.5 Å². The van der Waals surface area contributed by atoms with Gasteiger partial charge in [-0.3, -0.25) is 0 Å². The molecule has 0 fully saturated rings. The van der Waals surface area contributed by atoms with E-state index in [-0.39, 0.29) is 5.41 Å². The number of hydrogen-bond acceptors (Lipinski definition) is 4. The maximum atomic E-state index is 5.66. The molecule has 4 heteroatoms. The lowest BCUT2D eigenvalue weighted by atomic mass is 9.81. The van der Waals surface area contributed by atoms with E-state index < -0.39 is 0 Å². The first kappa shape index (κ1) is 13.6. The van der Waals surface area contributed by atoms with Gasteiger partial charge in [0, 0.05) is 17.8 Å². The molecule has 0 saturated carbocycles. The molecule has 0 spiro atoms. The van der Waals surface area contributed by atoms with E-state index in [4.69, 9.17) is 9.47 Å². The fourth-order valence-corrected chi connectivity index (χ4v) is 2.49. The molecule has 1 aliphatic rings. The van der Waals surface area contributed by atoms with Crippen LogP contribution in [0.1, 0.15) is 25.0 Å². The lowest BCUT2D eigenvalue weighted by Gasteiger charge is -2.29. The molecule has 0 aromatic heterocycles. The van der Waals surface area contributed by atoms with Crippen molar-refractivity contribution in [3.63, 3.8) is 0 Å². The molecule has 0 atom stereocenters. The molecular formula is C14H21NO2S. The normalized spacial score (nSPS) is 14.7. The van der Waals surface area contributed by atoms with Gasteiger partial charge in [-0.2, -0.15) is 12.6 Å². The van der Waals surface area contributed by atoms with E-state index in [1.807, 2.05) is 0 Å². The molecule has 18 heavy (non-hydrogen) atoms. The summed E-state index contributed by atoms with van der Waals surface area (Å²) in [6, 6.07) is 4.19. The maximum Gasteiger partial charge on any atom is 0.161 e. The highest BCUT2D eigenvalue weighted by Crippen LogP contribution is 2.37. The van der Waals surface area contributed by atoms with Crippen LogP contribution < -0.4 is 14.8 Å². The number of thiol groups is 1. The van der Waals surface area contributed by atoms with E-state index in [2.05, 4.69) is 50.8 Å². The van der Waals surface area contributed by atoms with E-state index in [9.17, 15) is 0 Å². The van der Waals surface area contributed by atoms with Crippen LogP contribution in [0.2, 0.25) is 0 Å². The first-order chi connectivity index (χ1) is 8.54. The number of rotatable bonds is 4. The highest BCUT2D eigenvalue weighted by Gasteiger charge is 2.25. The summed E-state index contributed by atoms with van der Waals surface area (Å²) in [5.41, 5.74) is 2.58. The first-order valence-electron chi connectivity index (χ1n) is 6.27. The third-order valence-electron chi connectivity index (χ3n) is 3.30. The standard InChI is InChI=1S/C14H21NO2S/c1-10-6-12-13(17-5-4-16-12)7-11(10)14(2,3)8-15-9-18/h6-7,15,18H,4-5,8-9H2,1-3H3. The minimum atomic E-state index is 0.0443. The lowest BCUT2D eigenvalue weighted by molar-refractivity contribution is 0.171. The predicted octanol–water partition coefficient (Wildman–Crippen LogP) is 2.52. The van der Waals surface area contributed by atoms with Gasteiger partial charge >= 0.3 is 0 Å². The van der Waals surface area contributed by atoms with Crippen LogP contribution in [0.3, 0.4) is 0 Å².